The van der Waals surface area contributed by atoms with E-state index in [1.165, 1.54) is 11.3 Å². The van der Waals surface area contributed by atoms with Gasteiger partial charge in [-0.25, -0.2) is 4.98 Å². The van der Waals surface area contributed by atoms with Crippen molar-refractivity contribution in [3.8, 4) is 17.2 Å². The number of hydrogen-bond acceptors (Lipinski definition) is 5. The fraction of sp³-hybridized carbons (Fsp3) is 0.350. The van der Waals surface area contributed by atoms with E-state index in [4.69, 9.17) is 26.6 Å². The Balaban J connectivity index is 2.20. The number of fused-ring (bicyclic) bond motifs is 1. The van der Waals surface area contributed by atoms with Crippen molar-refractivity contribution in [2.75, 3.05) is 13.7 Å². The van der Waals surface area contributed by atoms with Crippen LogP contribution in [0.2, 0.25) is 5.02 Å². The van der Waals surface area contributed by atoms with Crippen molar-refractivity contribution in [3.05, 3.63) is 50.3 Å². The van der Waals surface area contributed by atoms with Gasteiger partial charge in [-0.2, -0.15) is 5.26 Å². The minimum Gasteiger partial charge on any atom is -0.384 e. The molecular weight excluding hydrogens is 382 g/mol. The van der Waals surface area contributed by atoms with Crippen LogP contribution >= 0.6 is 22.9 Å². The van der Waals surface area contributed by atoms with Crippen LogP contribution in [0, 0.1) is 18.3 Å². The van der Waals surface area contributed by atoms with Gasteiger partial charge in [0.1, 0.15) is 10.7 Å². The summed E-state index contributed by atoms with van der Waals surface area (Å²) < 4.78 is 6.87. The first kappa shape index (κ1) is 19.6. The molecule has 0 spiro atoms. The van der Waals surface area contributed by atoms with Crippen LogP contribution in [0.15, 0.2) is 29.1 Å². The molecule has 2 aromatic heterocycles. The molecule has 0 radical (unpaired) electrons. The number of benzene rings is 1. The minimum absolute atomic E-state index is 0.0571. The second kappa shape index (κ2) is 8.66. The van der Waals surface area contributed by atoms with Gasteiger partial charge in [0, 0.05) is 42.0 Å². The van der Waals surface area contributed by atoms with E-state index in [0.717, 1.165) is 20.8 Å². The van der Waals surface area contributed by atoms with Crippen molar-refractivity contribution in [1.29, 1.82) is 5.26 Å². The summed E-state index contributed by atoms with van der Waals surface area (Å²) in [6.07, 6.45) is 1.57. The van der Waals surface area contributed by atoms with Crippen molar-refractivity contribution in [2.24, 2.45) is 0 Å². The Morgan fingerprint density at radius 2 is 2.07 bits per heavy atom. The van der Waals surface area contributed by atoms with Crippen molar-refractivity contribution in [2.45, 2.75) is 32.7 Å². The van der Waals surface area contributed by atoms with E-state index in [0.29, 0.717) is 48.6 Å². The summed E-state index contributed by atoms with van der Waals surface area (Å²) in [6.45, 7) is 2.97. The summed E-state index contributed by atoms with van der Waals surface area (Å²) in [5.74, 6) is 0.705. The molecule has 0 N–H and O–H groups in total. The van der Waals surface area contributed by atoms with Gasteiger partial charge >= 0.3 is 0 Å². The van der Waals surface area contributed by atoms with E-state index in [2.05, 4.69) is 6.07 Å². The van der Waals surface area contributed by atoms with Gasteiger partial charge in [-0.05, 0) is 31.0 Å². The molecule has 0 unspecified atom stereocenters. The van der Waals surface area contributed by atoms with Gasteiger partial charge in [0.15, 0.2) is 0 Å². The van der Waals surface area contributed by atoms with Gasteiger partial charge in [-0.3, -0.25) is 9.36 Å². The lowest BCUT2D eigenvalue weighted by atomic mass is 10.0. The number of unbranched alkanes of at least 4 members (excludes halogenated alkanes) is 1. The largest absolute Gasteiger partial charge is 0.384 e. The Hall–Kier alpha value is -2.20. The first-order chi connectivity index (χ1) is 13.1. The third kappa shape index (κ3) is 4.06. The molecular formula is C20H20ClN3O2S. The zero-order valence-electron chi connectivity index (χ0n) is 15.3. The van der Waals surface area contributed by atoms with Gasteiger partial charge in [0.25, 0.3) is 5.56 Å². The highest BCUT2D eigenvalue weighted by molar-refractivity contribution is 7.19. The zero-order valence-corrected chi connectivity index (χ0v) is 16.9. The average Bonchev–Trinajstić information content (AvgIpc) is 2.99. The second-order valence-electron chi connectivity index (χ2n) is 6.21. The molecule has 27 heavy (non-hydrogen) atoms. The number of nitriles is 1. The number of hydrogen-bond donors (Lipinski definition) is 0. The van der Waals surface area contributed by atoms with Crippen LogP contribution in [0.25, 0.3) is 21.3 Å². The fourth-order valence-corrected chi connectivity index (χ4v) is 4.31. The quantitative estimate of drug-likeness (QED) is 0.543. The molecule has 0 amide bonds. The Bertz CT molecular complexity index is 1050. The molecule has 7 heteroatoms. The highest BCUT2D eigenvalue weighted by Gasteiger charge is 2.19. The molecule has 140 valence electrons. The number of aryl methyl sites for hydroxylation is 1. The van der Waals surface area contributed by atoms with E-state index < -0.39 is 0 Å². The minimum atomic E-state index is -0.0571. The molecule has 5 nitrogen and oxygen atoms in total. The maximum absolute atomic E-state index is 13.4. The molecule has 0 fully saturated rings. The Morgan fingerprint density at radius 3 is 2.74 bits per heavy atom. The smallest absolute Gasteiger partial charge is 0.262 e. The summed E-state index contributed by atoms with van der Waals surface area (Å²) >= 11 is 7.54. The summed E-state index contributed by atoms with van der Waals surface area (Å²) in [7, 11) is 1.63. The monoisotopic (exact) mass is 401 g/mol. The molecule has 2 heterocycles. The lowest BCUT2D eigenvalue weighted by molar-refractivity contribution is 0.199. The average molecular weight is 402 g/mol. The molecule has 0 aliphatic carbocycles. The normalized spacial score (nSPS) is 11.0. The molecule has 3 aromatic rings. The van der Waals surface area contributed by atoms with Crippen molar-refractivity contribution < 1.29 is 4.74 Å². The number of nitrogens with zero attached hydrogens (tertiary/aromatic N) is 3. The number of rotatable bonds is 7. The van der Waals surface area contributed by atoms with E-state index in [1.807, 2.05) is 31.2 Å². The van der Waals surface area contributed by atoms with Gasteiger partial charge < -0.3 is 4.74 Å². The van der Waals surface area contributed by atoms with Crippen LogP contribution in [-0.2, 0) is 17.7 Å². The molecule has 0 atom stereocenters. The molecule has 0 bridgehead atoms. The van der Waals surface area contributed by atoms with Gasteiger partial charge in [0.05, 0.1) is 18.1 Å². The second-order valence-corrected chi connectivity index (χ2v) is 7.85. The van der Waals surface area contributed by atoms with Crippen LogP contribution in [0.5, 0.6) is 0 Å². The molecule has 0 saturated heterocycles. The molecule has 0 aliphatic heterocycles. The first-order valence-electron chi connectivity index (χ1n) is 8.71. The Kier molecular flexibility index (Phi) is 6.27. The Morgan fingerprint density at radius 1 is 1.33 bits per heavy atom. The van der Waals surface area contributed by atoms with Crippen LogP contribution < -0.4 is 5.56 Å². The van der Waals surface area contributed by atoms with E-state index in [1.54, 1.807) is 11.7 Å². The molecule has 1 aromatic carbocycles. The van der Waals surface area contributed by atoms with E-state index in [9.17, 15) is 4.79 Å². The van der Waals surface area contributed by atoms with Crippen LogP contribution in [-0.4, -0.2) is 23.3 Å². The maximum Gasteiger partial charge on any atom is 0.262 e. The maximum atomic E-state index is 13.4. The lowest BCUT2D eigenvalue weighted by Gasteiger charge is -2.12. The topological polar surface area (TPSA) is 67.9 Å². The zero-order chi connectivity index (χ0) is 19.4. The van der Waals surface area contributed by atoms with Gasteiger partial charge in [-0.1, -0.05) is 23.7 Å². The van der Waals surface area contributed by atoms with Crippen molar-refractivity contribution in [1.82, 2.24) is 9.55 Å². The predicted molar refractivity (Wildman–Crippen MR) is 109 cm³/mol. The molecule has 0 aliphatic rings. The molecule has 0 saturated carbocycles. The van der Waals surface area contributed by atoms with Crippen molar-refractivity contribution >= 4 is 33.2 Å². The van der Waals surface area contributed by atoms with Crippen LogP contribution in [0.1, 0.15) is 23.5 Å². The van der Waals surface area contributed by atoms with Gasteiger partial charge in [0.2, 0.25) is 0 Å². The fourth-order valence-electron chi connectivity index (χ4n) is 3.13. The number of ether oxygens (including phenoxy) is 1. The highest BCUT2D eigenvalue weighted by Crippen LogP contribution is 2.36. The summed E-state index contributed by atoms with van der Waals surface area (Å²) in [5.41, 5.74) is 1.81. The molecule has 3 rings (SSSR count). The van der Waals surface area contributed by atoms with Crippen molar-refractivity contribution in [3.63, 3.8) is 0 Å². The predicted octanol–water partition coefficient (Wildman–Crippen LogP) is 4.58. The third-order valence-electron chi connectivity index (χ3n) is 4.40. The summed E-state index contributed by atoms with van der Waals surface area (Å²) in [6, 6.07) is 9.63. The Labute approximate surface area is 166 Å². The number of methoxy groups -OCH3 is 1. The van der Waals surface area contributed by atoms with Crippen LogP contribution in [0.3, 0.4) is 0 Å². The standard InChI is InChI=1S/C20H20ClN3O2S/c1-13-17(14-5-7-15(21)8-6-14)18-19(27-13)23-16(9-12-26-2)24(20(18)25)11-4-3-10-22/h5-8H,3-4,9,11-12H2,1-2H3. The van der Waals surface area contributed by atoms with E-state index in [-0.39, 0.29) is 5.56 Å². The number of thiophene rings is 1. The summed E-state index contributed by atoms with van der Waals surface area (Å²) in [4.78, 5) is 19.9. The van der Waals surface area contributed by atoms with Crippen LogP contribution in [0.4, 0.5) is 0 Å². The van der Waals surface area contributed by atoms with Gasteiger partial charge in [-0.15, -0.1) is 11.3 Å². The highest BCUT2D eigenvalue weighted by atomic mass is 35.5. The summed E-state index contributed by atoms with van der Waals surface area (Å²) in [5, 5.41) is 10.1. The SMILES string of the molecule is COCCc1nc2sc(C)c(-c3ccc(Cl)cc3)c2c(=O)n1CCCC#N. The number of halogens is 1. The first-order valence-corrected chi connectivity index (χ1v) is 9.91. The lowest BCUT2D eigenvalue weighted by Crippen LogP contribution is -2.26. The number of aromatic nitrogens is 2. The van der Waals surface area contributed by atoms with E-state index >= 15 is 0 Å². The third-order valence-corrected chi connectivity index (χ3v) is 5.65.